The predicted molar refractivity (Wildman–Crippen MR) is 70.8 cm³/mol. The summed E-state index contributed by atoms with van der Waals surface area (Å²) in [6, 6.07) is 10.0. The van der Waals surface area contributed by atoms with E-state index in [-0.39, 0.29) is 35.3 Å². The maximum Gasteiger partial charge on any atom is 1.00 e. The van der Waals surface area contributed by atoms with Gasteiger partial charge in [0.15, 0.2) is 11.5 Å². The molecule has 0 unspecified atom stereocenters. The van der Waals surface area contributed by atoms with Crippen LogP contribution in [0, 0.1) is 0 Å². The van der Waals surface area contributed by atoms with Crippen molar-refractivity contribution in [3.63, 3.8) is 0 Å². The van der Waals surface area contributed by atoms with Crippen molar-refractivity contribution < 1.29 is 39.5 Å². The SMILES string of the molecule is O=C(Nc1ccccn1)c1nnn(-c2ccccn2)c1[O-].[Na+]. The van der Waals surface area contributed by atoms with E-state index in [1.165, 1.54) is 12.4 Å². The van der Waals surface area contributed by atoms with Crippen LogP contribution in [0.4, 0.5) is 5.82 Å². The number of carbonyl (C=O) groups is 1. The number of aromatic nitrogens is 5. The van der Waals surface area contributed by atoms with Crippen molar-refractivity contribution in [2.24, 2.45) is 0 Å². The first kappa shape index (κ1) is 16.1. The number of hydrogen-bond donors (Lipinski definition) is 1. The Morgan fingerprint density at radius 1 is 1.09 bits per heavy atom. The molecular weight excluding hydrogens is 295 g/mol. The fourth-order valence-electron chi connectivity index (χ4n) is 1.66. The normalized spacial score (nSPS) is 9.82. The van der Waals surface area contributed by atoms with Crippen LogP contribution >= 0.6 is 0 Å². The van der Waals surface area contributed by atoms with Gasteiger partial charge in [-0.1, -0.05) is 17.3 Å². The van der Waals surface area contributed by atoms with Crippen LogP contribution in [0.2, 0.25) is 0 Å². The van der Waals surface area contributed by atoms with Gasteiger partial charge in [0.1, 0.15) is 5.82 Å². The summed E-state index contributed by atoms with van der Waals surface area (Å²) in [6.45, 7) is 0. The Morgan fingerprint density at radius 3 is 2.45 bits per heavy atom. The maximum atomic E-state index is 12.1. The second-order valence-electron chi connectivity index (χ2n) is 4.01. The standard InChI is InChI=1S/C13H10N6O2.Na/c20-12(16-9-5-1-3-7-14-9)11-13(21)19(18-17-11)10-6-2-4-8-15-10;/h1-8,21H,(H,14,16,20);/q;+1/p-1. The number of rotatable bonds is 3. The molecule has 0 spiro atoms. The van der Waals surface area contributed by atoms with Crippen LogP contribution in [0.15, 0.2) is 48.8 Å². The smallest absolute Gasteiger partial charge is 0.857 e. The number of nitrogens with one attached hydrogen (secondary N) is 1. The van der Waals surface area contributed by atoms with Gasteiger partial charge in [0.05, 0.1) is 0 Å². The van der Waals surface area contributed by atoms with Crippen molar-refractivity contribution in [2.75, 3.05) is 5.32 Å². The monoisotopic (exact) mass is 304 g/mol. The molecule has 8 nitrogen and oxygen atoms in total. The van der Waals surface area contributed by atoms with E-state index in [2.05, 4.69) is 25.6 Å². The van der Waals surface area contributed by atoms with Crippen LogP contribution < -0.4 is 40.0 Å². The number of nitrogens with zero attached hydrogens (tertiary/aromatic N) is 5. The quantitative estimate of drug-likeness (QED) is 0.531. The molecule has 1 N–H and O–H groups in total. The van der Waals surface area contributed by atoms with Crippen LogP contribution in [0.5, 0.6) is 5.88 Å². The molecule has 0 fully saturated rings. The number of anilines is 1. The van der Waals surface area contributed by atoms with E-state index in [9.17, 15) is 9.90 Å². The minimum atomic E-state index is -0.666. The van der Waals surface area contributed by atoms with Crippen LogP contribution in [-0.4, -0.2) is 30.9 Å². The molecular formula is C13H9N6NaO2. The third kappa shape index (κ3) is 3.30. The molecule has 0 saturated carbocycles. The zero-order chi connectivity index (χ0) is 14.7. The summed E-state index contributed by atoms with van der Waals surface area (Å²) in [5.74, 6) is -0.677. The number of hydrogen-bond acceptors (Lipinski definition) is 6. The molecule has 3 rings (SSSR count). The molecule has 3 aromatic rings. The molecule has 0 bridgehead atoms. The van der Waals surface area contributed by atoms with Crippen molar-refractivity contribution in [3.8, 4) is 11.7 Å². The average molecular weight is 304 g/mol. The predicted octanol–water partition coefficient (Wildman–Crippen LogP) is -2.61. The van der Waals surface area contributed by atoms with E-state index in [0.29, 0.717) is 11.6 Å². The zero-order valence-corrected chi connectivity index (χ0v) is 13.7. The molecule has 0 saturated heterocycles. The van der Waals surface area contributed by atoms with E-state index >= 15 is 0 Å². The molecule has 3 aromatic heterocycles. The van der Waals surface area contributed by atoms with Gasteiger partial charge in [0.25, 0.3) is 5.91 Å². The molecule has 0 aromatic carbocycles. The Balaban J connectivity index is 0.00000176. The van der Waals surface area contributed by atoms with Gasteiger partial charge in [-0.25, -0.2) is 14.6 Å². The Bertz CT molecular complexity index is 763. The molecule has 0 radical (unpaired) electrons. The molecule has 3 heterocycles. The van der Waals surface area contributed by atoms with Gasteiger partial charge in [0, 0.05) is 18.3 Å². The summed E-state index contributed by atoms with van der Waals surface area (Å²) in [6.07, 6.45) is 3.04. The van der Waals surface area contributed by atoms with Gasteiger partial charge in [0.2, 0.25) is 0 Å². The Hall–Kier alpha value is -2.29. The second-order valence-corrected chi connectivity index (χ2v) is 4.01. The van der Waals surface area contributed by atoms with Gasteiger partial charge < -0.3 is 10.4 Å². The number of amides is 1. The first-order chi connectivity index (χ1) is 10.3. The minimum Gasteiger partial charge on any atom is -0.857 e. The van der Waals surface area contributed by atoms with E-state index in [1.54, 1.807) is 36.4 Å². The van der Waals surface area contributed by atoms with Crippen LogP contribution in [0.3, 0.4) is 0 Å². The second kappa shape index (κ2) is 7.12. The third-order valence-electron chi connectivity index (χ3n) is 2.62. The summed E-state index contributed by atoms with van der Waals surface area (Å²) in [5.41, 5.74) is -0.314. The van der Waals surface area contributed by atoms with E-state index in [4.69, 9.17) is 0 Å². The van der Waals surface area contributed by atoms with Crippen molar-refractivity contribution >= 4 is 11.7 Å². The molecule has 22 heavy (non-hydrogen) atoms. The first-order valence-electron chi connectivity index (χ1n) is 6.02. The number of carbonyl (C=O) groups excluding carboxylic acids is 1. The molecule has 104 valence electrons. The topological polar surface area (TPSA) is 109 Å². The Morgan fingerprint density at radius 2 is 1.82 bits per heavy atom. The van der Waals surface area contributed by atoms with Gasteiger partial charge in [-0.05, 0) is 24.3 Å². The molecule has 0 atom stereocenters. The minimum absolute atomic E-state index is 0. The summed E-state index contributed by atoms with van der Waals surface area (Å²) in [5, 5.41) is 21.9. The van der Waals surface area contributed by atoms with Gasteiger partial charge in [-0.15, -0.1) is 5.10 Å². The molecule has 0 aliphatic heterocycles. The van der Waals surface area contributed by atoms with Gasteiger partial charge >= 0.3 is 29.6 Å². The average Bonchev–Trinajstić information content (AvgIpc) is 2.91. The van der Waals surface area contributed by atoms with Crippen molar-refractivity contribution in [1.29, 1.82) is 0 Å². The first-order valence-corrected chi connectivity index (χ1v) is 6.02. The Kier molecular flexibility index (Phi) is 5.21. The summed E-state index contributed by atoms with van der Waals surface area (Å²) in [7, 11) is 0. The molecule has 0 aliphatic carbocycles. The van der Waals surface area contributed by atoms with Crippen LogP contribution in [0.1, 0.15) is 10.5 Å². The molecule has 9 heteroatoms. The van der Waals surface area contributed by atoms with Gasteiger partial charge in [-0.3, -0.25) is 4.79 Å². The van der Waals surface area contributed by atoms with Crippen molar-refractivity contribution in [3.05, 3.63) is 54.5 Å². The van der Waals surface area contributed by atoms with E-state index < -0.39 is 11.8 Å². The van der Waals surface area contributed by atoms with Gasteiger partial charge in [-0.2, -0.15) is 0 Å². The number of pyridine rings is 2. The molecule has 0 aliphatic rings. The van der Waals surface area contributed by atoms with Crippen molar-refractivity contribution in [2.45, 2.75) is 0 Å². The zero-order valence-electron chi connectivity index (χ0n) is 11.7. The fraction of sp³-hybridized carbons (Fsp3) is 0. The molecule has 1 amide bonds. The van der Waals surface area contributed by atoms with Crippen LogP contribution in [0.25, 0.3) is 5.82 Å². The largest absolute Gasteiger partial charge is 1.00 e. The maximum absolute atomic E-state index is 12.1. The summed E-state index contributed by atoms with van der Waals surface area (Å²) >= 11 is 0. The Labute approximate surface area is 147 Å². The van der Waals surface area contributed by atoms with Crippen LogP contribution in [-0.2, 0) is 0 Å². The third-order valence-corrected chi connectivity index (χ3v) is 2.62. The summed E-state index contributed by atoms with van der Waals surface area (Å²) in [4.78, 5) is 19.9. The van der Waals surface area contributed by atoms with Crippen molar-refractivity contribution in [1.82, 2.24) is 25.0 Å². The fourth-order valence-corrected chi connectivity index (χ4v) is 1.66. The summed E-state index contributed by atoms with van der Waals surface area (Å²) < 4.78 is 0.966. The van der Waals surface area contributed by atoms with E-state index in [0.717, 1.165) is 4.68 Å². The van der Waals surface area contributed by atoms with E-state index in [1.807, 2.05) is 0 Å².